The zero-order valence-electron chi connectivity index (χ0n) is 13.8. The molecule has 2 atom stereocenters. The van der Waals surface area contributed by atoms with Gasteiger partial charge in [0.2, 0.25) is 0 Å². The van der Waals surface area contributed by atoms with E-state index in [9.17, 15) is 28.2 Å². The lowest BCUT2D eigenvalue weighted by molar-refractivity contribution is -0.140. The van der Waals surface area contributed by atoms with Crippen LogP contribution in [0.25, 0.3) is 0 Å². The molecule has 1 aromatic carbocycles. The number of alkyl halides is 3. The Balaban J connectivity index is 1.95. The molecule has 3 N–H and O–H groups in total. The second-order valence-electron chi connectivity index (χ2n) is 5.55. The number of nitrogens with one attached hydrogen (secondary N) is 1. The maximum absolute atomic E-state index is 13.0. The molecule has 1 amide bonds. The van der Waals surface area contributed by atoms with Crippen molar-refractivity contribution in [1.29, 1.82) is 0 Å². The van der Waals surface area contributed by atoms with Crippen LogP contribution in [-0.4, -0.2) is 33.9 Å². The fraction of sp³-hybridized carbons (Fsp3) is 0.294. The van der Waals surface area contributed by atoms with Crippen molar-refractivity contribution in [2.45, 2.75) is 25.0 Å². The lowest BCUT2D eigenvalue weighted by atomic mass is 10.00. The van der Waals surface area contributed by atoms with Gasteiger partial charge in [-0.25, -0.2) is 9.78 Å². The number of halogens is 4. The van der Waals surface area contributed by atoms with Crippen LogP contribution in [0.4, 0.5) is 18.0 Å². The molecule has 146 valence electrons. The fourth-order valence-electron chi connectivity index (χ4n) is 2.21. The number of aliphatic hydroxyl groups is 2. The lowest BCUT2D eigenvalue weighted by Gasteiger charge is -2.22. The maximum Gasteiger partial charge on any atom is 0.418 e. The Kier molecular flexibility index (Phi) is 7.00. The summed E-state index contributed by atoms with van der Waals surface area (Å²) in [5, 5.41) is 21.9. The van der Waals surface area contributed by atoms with Gasteiger partial charge in [0.1, 0.15) is 24.0 Å². The molecule has 1 heterocycles. The van der Waals surface area contributed by atoms with Crippen molar-refractivity contribution in [2.75, 3.05) is 6.54 Å². The molecule has 1 aromatic heterocycles. The van der Waals surface area contributed by atoms with Crippen molar-refractivity contribution in [1.82, 2.24) is 10.3 Å². The molecule has 6 nitrogen and oxygen atoms in total. The summed E-state index contributed by atoms with van der Waals surface area (Å²) in [4.78, 5) is 15.0. The topological polar surface area (TPSA) is 91.7 Å². The Morgan fingerprint density at radius 2 is 1.93 bits per heavy atom. The number of amides is 1. The SMILES string of the molecule is O=C(NCC(O)C(O)c1cc(Cl)ncc1C(F)(F)F)OCc1ccccc1. The third-order valence-electron chi connectivity index (χ3n) is 3.56. The van der Waals surface area contributed by atoms with Crippen LogP contribution in [0.5, 0.6) is 0 Å². The molecule has 0 radical (unpaired) electrons. The number of aliphatic hydroxyl groups excluding tert-OH is 2. The summed E-state index contributed by atoms with van der Waals surface area (Å²) in [5.41, 5.74) is -1.14. The van der Waals surface area contributed by atoms with Gasteiger partial charge < -0.3 is 20.3 Å². The van der Waals surface area contributed by atoms with Gasteiger partial charge in [0, 0.05) is 12.7 Å². The van der Waals surface area contributed by atoms with Crippen LogP contribution in [0.1, 0.15) is 22.8 Å². The van der Waals surface area contributed by atoms with E-state index in [1.807, 2.05) is 0 Å². The Labute approximate surface area is 157 Å². The van der Waals surface area contributed by atoms with E-state index in [0.717, 1.165) is 11.6 Å². The Bertz CT molecular complexity index is 775. The zero-order chi connectivity index (χ0) is 20.0. The number of alkyl carbamates (subject to hydrolysis) is 1. The third kappa shape index (κ3) is 6.09. The van der Waals surface area contributed by atoms with E-state index in [2.05, 4.69) is 10.3 Å². The smallest absolute Gasteiger partial charge is 0.418 e. The molecule has 2 aromatic rings. The van der Waals surface area contributed by atoms with Crippen molar-refractivity contribution < 1.29 is 32.9 Å². The molecule has 0 bridgehead atoms. The normalized spacial score (nSPS) is 13.7. The first-order valence-electron chi connectivity index (χ1n) is 7.72. The molecule has 0 aliphatic rings. The average Bonchev–Trinajstić information content (AvgIpc) is 2.63. The molecule has 0 fully saturated rings. The molecule has 27 heavy (non-hydrogen) atoms. The minimum absolute atomic E-state index is 0.0243. The Morgan fingerprint density at radius 1 is 1.26 bits per heavy atom. The molecule has 0 spiro atoms. The summed E-state index contributed by atoms with van der Waals surface area (Å²) >= 11 is 5.58. The van der Waals surface area contributed by atoms with Gasteiger partial charge in [-0.05, 0) is 17.2 Å². The molecule has 0 saturated heterocycles. The second-order valence-corrected chi connectivity index (χ2v) is 5.93. The van der Waals surface area contributed by atoms with Crippen LogP contribution in [0.3, 0.4) is 0 Å². The summed E-state index contributed by atoms with van der Waals surface area (Å²) in [5.74, 6) is 0. The number of carbonyl (C=O) groups is 1. The van der Waals surface area contributed by atoms with Crippen LogP contribution < -0.4 is 5.32 Å². The fourth-order valence-corrected chi connectivity index (χ4v) is 2.37. The lowest BCUT2D eigenvalue weighted by Crippen LogP contribution is -2.36. The molecule has 0 aliphatic carbocycles. The number of pyridine rings is 1. The highest BCUT2D eigenvalue weighted by Crippen LogP contribution is 2.35. The standard InChI is InChI=1S/C17H16ClF3N2O4/c18-14-6-11(12(7-22-14)17(19,20)21)15(25)13(24)8-23-16(26)27-9-10-4-2-1-3-5-10/h1-7,13,15,24-25H,8-9H2,(H,23,26). The molecular formula is C17H16ClF3N2O4. The minimum Gasteiger partial charge on any atom is -0.445 e. The zero-order valence-corrected chi connectivity index (χ0v) is 14.5. The van der Waals surface area contributed by atoms with Crippen molar-refractivity contribution in [3.63, 3.8) is 0 Å². The summed E-state index contributed by atoms with van der Waals surface area (Å²) in [6.45, 7) is -0.560. The molecule has 2 unspecified atom stereocenters. The highest BCUT2D eigenvalue weighted by molar-refractivity contribution is 6.29. The number of aromatic nitrogens is 1. The van der Waals surface area contributed by atoms with Crippen molar-refractivity contribution in [3.05, 3.63) is 64.4 Å². The van der Waals surface area contributed by atoms with E-state index in [1.165, 1.54) is 0 Å². The minimum atomic E-state index is -4.80. The predicted octanol–water partition coefficient (Wildman–Crippen LogP) is 3.07. The summed E-state index contributed by atoms with van der Waals surface area (Å²) in [7, 11) is 0. The first-order valence-corrected chi connectivity index (χ1v) is 8.09. The van der Waals surface area contributed by atoms with E-state index >= 15 is 0 Å². The van der Waals surface area contributed by atoms with Gasteiger partial charge in [0.25, 0.3) is 0 Å². The van der Waals surface area contributed by atoms with Crippen LogP contribution >= 0.6 is 11.6 Å². The number of hydrogen-bond donors (Lipinski definition) is 3. The molecular weight excluding hydrogens is 389 g/mol. The average molecular weight is 405 g/mol. The van der Waals surface area contributed by atoms with Crippen molar-refractivity contribution in [2.24, 2.45) is 0 Å². The van der Waals surface area contributed by atoms with Crippen molar-refractivity contribution in [3.8, 4) is 0 Å². The number of rotatable bonds is 6. The first-order chi connectivity index (χ1) is 12.7. The molecule has 0 aliphatic heterocycles. The highest BCUT2D eigenvalue weighted by atomic mass is 35.5. The van der Waals surface area contributed by atoms with Gasteiger partial charge in [-0.3, -0.25) is 0 Å². The van der Waals surface area contributed by atoms with Gasteiger partial charge in [0.15, 0.2) is 0 Å². The third-order valence-corrected chi connectivity index (χ3v) is 3.77. The number of ether oxygens (including phenoxy) is 1. The van der Waals surface area contributed by atoms with Crippen molar-refractivity contribution >= 4 is 17.7 Å². The second kappa shape index (κ2) is 9.03. The van der Waals surface area contributed by atoms with E-state index in [0.29, 0.717) is 6.20 Å². The number of benzene rings is 1. The Morgan fingerprint density at radius 3 is 2.56 bits per heavy atom. The molecule has 10 heteroatoms. The van der Waals surface area contributed by atoms with E-state index < -0.39 is 42.1 Å². The quantitative estimate of drug-likeness (QED) is 0.644. The van der Waals surface area contributed by atoms with Crippen LogP contribution in [0.15, 0.2) is 42.6 Å². The largest absolute Gasteiger partial charge is 0.445 e. The number of nitrogens with zero attached hydrogens (tertiary/aromatic N) is 1. The van der Waals surface area contributed by atoms with Crippen LogP contribution in [-0.2, 0) is 17.5 Å². The van der Waals surface area contributed by atoms with Gasteiger partial charge in [-0.2, -0.15) is 13.2 Å². The van der Waals surface area contributed by atoms with Crippen LogP contribution in [0, 0.1) is 0 Å². The summed E-state index contributed by atoms with van der Waals surface area (Å²) in [6.07, 6.45) is -8.90. The van der Waals surface area contributed by atoms with Gasteiger partial charge in [-0.15, -0.1) is 0 Å². The summed E-state index contributed by atoms with van der Waals surface area (Å²) < 4.78 is 43.9. The van der Waals surface area contributed by atoms with Gasteiger partial charge >= 0.3 is 12.3 Å². The van der Waals surface area contributed by atoms with Gasteiger partial charge in [0.05, 0.1) is 5.56 Å². The number of hydrogen-bond acceptors (Lipinski definition) is 5. The highest BCUT2D eigenvalue weighted by Gasteiger charge is 2.37. The van der Waals surface area contributed by atoms with E-state index in [4.69, 9.17) is 16.3 Å². The molecule has 2 rings (SSSR count). The number of carbonyl (C=O) groups excluding carboxylic acids is 1. The predicted molar refractivity (Wildman–Crippen MR) is 89.8 cm³/mol. The molecule has 0 saturated carbocycles. The van der Waals surface area contributed by atoms with E-state index in [1.54, 1.807) is 30.3 Å². The first kappa shape index (κ1) is 20.9. The maximum atomic E-state index is 13.0. The van der Waals surface area contributed by atoms with E-state index in [-0.39, 0.29) is 11.8 Å². The van der Waals surface area contributed by atoms with Crippen LogP contribution in [0.2, 0.25) is 5.15 Å². The monoisotopic (exact) mass is 404 g/mol. The Hall–Kier alpha value is -2.36. The summed E-state index contributed by atoms with van der Waals surface area (Å²) in [6, 6.07) is 9.59. The van der Waals surface area contributed by atoms with Gasteiger partial charge in [-0.1, -0.05) is 41.9 Å².